The zero-order valence-electron chi connectivity index (χ0n) is 12.0. The fourth-order valence-electron chi connectivity index (χ4n) is 2.20. The highest BCUT2D eigenvalue weighted by Crippen LogP contribution is 2.23. The second kappa shape index (κ2) is 6.32. The Hall–Kier alpha value is -2.17. The first-order valence-electron chi connectivity index (χ1n) is 6.83. The van der Waals surface area contributed by atoms with E-state index in [1.807, 2.05) is 48.7 Å². The van der Waals surface area contributed by atoms with Gasteiger partial charge in [-0.25, -0.2) is 0 Å². The molecule has 0 aliphatic heterocycles. The van der Waals surface area contributed by atoms with E-state index in [1.165, 1.54) is 0 Å². The van der Waals surface area contributed by atoms with E-state index in [1.54, 1.807) is 6.92 Å². The maximum atomic E-state index is 12.1. The highest BCUT2D eigenvalue weighted by molar-refractivity contribution is 5.77. The van der Waals surface area contributed by atoms with Crippen molar-refractivity contribution in [2.75, 3.05) is 6.61 Å². The van der Waals surface area contributed by atoms with Gasteiger partial charge in [0.2, 0.25) is 0 Å². The molecule has 0 aliphatic rings. The van der Waals surface area contributed by atoms with E-state index in [4.69, 9.17) is 4.74 Å². The van der Waals surface area contributed by atoms with Crippen molar-refractivity contribution in [2.24, 2.45) is 0 Å². The van der Waals surface area contributed by atoms with Gasteiger partial charge in [0, 0.05) is 5.69 Å². The largest absolute Gasteiger partial charge is 0.465 e. The third kappa shape index (κ3) is 2.71. The summed E-state index contributed by atoms with van der Waals surface area (Å²) in [7, 11) is 0. The molecule has 1 heterocycles. The molecule has 1 aromatic heterocycles. The van der Waals surface area contributed by atoms with Gasteiger partial charge in [0.05, 0.1) is 6.61 Å². The Bertz CT molecular complexity index is 578. The lowest BCUT2D eigenvalue weighted by molar-refractivity contribution is -0.145. The zero-order chi connectivity index (χ0) is 14.5. The van der Waals surface area contributed by atoms with Crippen LogP contribution in [0, 0.1) is 6.92 Å². The number of rotatable bonds is 5. The summed E-state index contributed by atoms with van der Waals surface area (Å²) in [5, 5.41) is 8.29. The van der Waals surface area contributed by atoms with E-state index >= 15 is 0 Å². The molecule has 0 bridgehead atoms. The molecule has 5 heteroatoms. The van der Waals surface area contributed by atoms with Gasteiger partial charge >= 0.3 is 5.97 Å². The van der Waals surface area contributed by atoms with Gasteiger partial charge in [0.15, 0.2) is 5.82 Å². The molecule has 5 nitrogen and oxygen atoms in total. The van der Waals surface area contributed by atoms with Crippen LogP contribution in [0.5, 0.6) is 0 Å². The van der Waals surface area contributed by atoms with Gasteiger partial charge in [0.25, 0.3) is 0 Å². The molecular formula is C15H19N3O2. The van der Waals surface area contributed by atoms with Crippen LogP contribution >= 0.6 is 0 Å². The highest BCUT2D eigenvalue weighted by Gasteiger charge is 2.27. The van der Waals surface area contributed by atoms with Crippen molar-refractivity contribution in [3.8, 4) is 5.69 Å². The molecule has 1 unspecified atom stereocenters. The molecule has 0 aliphatic carbocycles. The van der Waals surface area contributed by atoms with E-state index in [9.17, 15) is 4.79 Å². The summed E-state index contributed by atoms with van der Waals surface area (Å²) in [5.41, 5.74) is 0.952. The topological polar surface area (TPSA) is 57.0 Å². The Balaban J connectivity index is 2.45. The third-order valence-corrected chi connectivity index (χ3v) is 3.16. The van der Waals surface area contributed by atoms with Crippen molar-refractivity contribution in [2.45, 2.75) is 33.1 Å². The first-order valence-corrected chi connectivity index (χ1v) is 6.83. The number of benzene rings is 1. The normalized spacial score (nSPS) is 12.2. The van der Waals surface area contributed by atoms with Gasteiger partial charge < -0.3 is 4.74 Å². The summed E-state index contributed by atoms with van der Waals surface area (Å²) in [5.74, 6) is 0.750. The Labute approximate surface area is 118 Å². The molecule has 20 heavy (non-hydrogen) atoms. The van der Waals surface area contributed by atoms with E-state index in [-0.39, 0.29) is 5.97 Å². The number of para-hydroxylation sites is 1. The fraction of sp³-hybridized carbons (Fsp3) is 0.400. The minimum Gasteiger partial charge on any atom is -0.465 e. The monoisotopic (exact) mass is 273 g/mol. The number of carbonyl (C=O) groups is 1. The third-order valence-electron chi connectivity index (χ3n) is 3.16. The molecule has 0 fully saturated rings. The number of hydrogen-bond acceptors (Lipinski definition) is 4. The van der Waals surface area contributed by atoms with Crippen LogP contribution in [0.3, 0.4) is 0 Å². The standard InChI is InChI=1S/C15H19N3O2/c1-4-13(15(19)20-5-2)14-17-16-11(3)18(14)12-9-7-6-8-10-12/h6-10,13H,4-5H2,1-3H3. The minimum absolute atomic E-state index is 0.250. The number of aryl methyl sites for hydroxylation is 1. The highest BCUT2D eigenvalue weighted by atomic mass is 16.5. The number of hydrogen-bond donors (Lipinski definition) is 0. The maximum Gasteiger partial charge on any atom is 0.316 e. The average molecular weight is 273 g/mol. The molecule has 1 aromatic carbocycles. The smallest absolute Gasteiger partial charge is 0.316 e. The number of esters is 1. The first-order chi connectivity index (χ1) is 9.69. The van der Waals surface area contributed by atoms with E-state index in [0.29, 0.717) is 18.9 Å². The van der Waals surface area contributed by atoms with Crippen LogP contribution in [0.15, 0.2) is 30.3 Å². The lowest BCUT2D eigenvalue weighted by Crippen LogP contribution is -2.19. The summed E-state index contributed by atoms with van der Waals surface area (Å²) in [6.45, 7) is 5.99. The second-order valence-electron chi connectivity index (χ2n) is 4.49. The second-order valence-corrected chi connectivity index (χ2v) is 4.49. The molecule has 0 spiro atoms. The molecule has 0 saturated carbocycles. The van der Waals surface area contributed by atoms with Crippen LogP contribution in [-0.4, -0.2) is 27.3 Å². The number of ether oxygens (including phenoxy) is 1. The predicted octanol–water partition coefficient (Wildman–Crippen LogP) is 2.63. The van der Waals surface area contributed by atoms with Crippen molar-refractivity contribution in [1.82, 2.24) is 14.8 Å². The van der Waals surface area contributed by atoms with E-state index in [2.05, 4.69) is 10.2 Å². The predicted molar refractivity (Wildman–Crippen MR) is 75.8 cm³/mol. The van der Waals surface area contributed by atoms with Crippen LogP contribution in [-0.2, 0) is 9.53 Å². The van der Waals surface area contributed by atoms with Crippen LogP contribution in [0.2, 0.25) is 0 Å². The van der Waals surface area contributed by atoms with Crippen LogP contribution < -0.4 is 0 Å². The van der Waals surface area contributed by atoms with Gasteiger partial charge in [-0.05, 0) is 32.4 Å². The molecular weight excluding hydrogens is 254 g/mol. The molecule has 1 atom stereocenters. The van der Waals surface area contributed by atoms with Crippen molar-refractivity contribution in [1.29, 1.82) is 0 Å². The molecule has 2 aromatic rings. The van der Waals surface area contributed by atoms with Crippen molar-refractivity contribution in [3.05, 3.63) is 42.0 Å². The van der Waals surface area contributed by atoms with Gasteiger partial charge in [0.1, 0.15) is 11.7 Å². The summed E-state index contributed by atoms with van der Waals surface area (Å²) < 4.78 is 7.04. The average Bonchev–Trinajstić information content (AvgIpc) is 2.83. The van der Waals surface area contributed by atoms with Crippen LogP contribution in [0.1, 0.15) is 37.8 Å². The minimum atomic E-state index is -0.392. The Morgan fingerprint density at radius 2 is 1.95 bits per heavy atom. The Morgan fingerprint density at radius 1 is 1.25 bits per heavy atom. The Kier molecular flexibility index (Phi) is 4.50. The quantitative estimate of drug-likeness (QED) is 0.786. The molecule has 0 saturated heterocycles. The van der Waals surface area contributed by atoms with Crippen LogP contribution in [0.25, 0.3) is 5.69 Å². The number of aromatic nitrogens is 3. The van der Waals surface area contributed by atoms with Gasteiger partial charge in [-0.2, -0.15) is 0 Å². The lowest BCUT2D eigenvalue weighted by Gasteiger charge is -2.15. The summed E-state index contributed by atoms with van der Waals surface area (Å²) >= 11 is 0. The molecule has 0 radical (unpaired) electrons. The van der Waals surface area contributed by atoms with Crippen molar-refractivity contribution < 1.29 is 9.53 Å². The SMILES string of the molecule is CCOC(=O)C(CC)c1nnc(C)n1-c1ccccc1. The van der Waals surface area contributed by atoms with Gasteiger partial charge in [-0.1, -0.05) is 25.1 Å². The fourth-order valence-corrected chi connectivity index (χ4v) is 2.20. The maximum absolute atomic E-state index is 12.1. The van der Waals surface area contributed by atoms with Crippen molar-refractivity contribution in [3.63, 3.8) is 0 Å². The molecule has 2 rings (SSSR count). The van der Waals surface area contributed by atoms with E-state index < -0.39 is 5.92 Å². The molecule has 0 amide bonds. The van der Waals surface area contributed by atoms with Gasteiger partial charge in [-0.15, -0.1) is 10.2 Å². The lowest BCUT2D eigenvalue weighted by atomic mass is 10.1. The first kappa shape index (κ1) is 14.2. The summed E-state index contributed by atoms with van der Waals surface area (Å²) in [4.78, 5) is 12.1. The van der Waals surface area contributed by atoms with Crippen LogP contribution in [0.4, 0.5) is 0 Å². The summed E-state index contributed by atoms with van der Waals surface area (Å²) in [6, 6.07) is 9.79. The Morgan fingerprint density at radius 3 is 2.55 bits per heavy atom. The number of carbonyl (C=O) groups excluding carboxylic acids is 1. The summed E-state index contributed by atoms with van der Waals surface area (Å²) in [6.07, 6.45) is 0.629. The van der Waals surface area contributed by atoms with Gasteiger partial charge in [-0.3, -0.25) is 9.36 Å². The van der Waals surface area contributed by atoms with E-state index in [0.717, 1.165) is 11.5 Å². The molecule has 0 N–H and O–H groups in total. The van der Waals surface area contributed by atoms with Crippen molar-refractivity contribution >= 4 is 5.97 Å². The zero-order valence-corrected chi connectivity index (χ0v) is 12.0. The molecule has 106 valence electrons. The number of nitrogens with zero attached hydrogens (tertiary/aromatic N) is 3.